The third-order valence-electron chi connectivity index (χ3n) is 3.60. The minimum atomic E-state index is -0.311. The van der Waals surface area contributed by atoms with Gasteiger partial charge in [-0.25, -0.2) is 9.78 Å². The molecule has 1 aliphatic rings. The van der Waals surface area contributed by atoms with Crippen molar-refractivity contribution in [3.8, 4) is 0 Å². The van der Waals surface area contributed by atoms with Gasteiger partial charge in [-0.05, 0) is 39.4 Å². The average molecular weight is 297 g/mol. The van der Waals surface area contributed by atoms with Gasteiger partial charge in [-0.3, -0.25) is 4.90 Å². The highest BCUT2D eigenvalue weighted by molar-refractivity contribution is 7.11. The molecule has 0 saturated carbocycles. The summed E-state index contributed by atoms with van der Waals surface area (Å²) in [4.78, 5) is 18.5. The van der Waals surface area contributed by atoms with Crippen LogP contribution in [0.3, 0.4) is 0 Å². The minimum absolute atomic E-state index is 0.311. The monoisotopic (exact) mass is 297 g/mol. The highest BCUT2D eigenvalue weighted by Crippen LogP contribution is 2.17. The summed E-state index contributed by atoms with van der Waals surface area (Å²) in [6.07, 6.45) is 2.37. The standard InChI is InChI=1S/C14H23N3O2S/c1-3-17(12-5-7-15-8-6-12)9-11-10-20-13(16-11)14(18)19-4-2/h10,12,15H,3-9H2,1-2H3. The second kappa shape index (κ2) is 7.71. The molecule has 0 unspecified atom stereocenters. The number of nitrogens with zero attached hydrogens (tertiary/aromatic N) is 2. The predicted molar refractivity (Wildman–Crippen MR) is 80.0 cm³/mol. The zero-order valence-corrected chi connectivity index (χ0v) is 13.0. The smallest absolute Gasteiger partial charge is 0.367 e. The van der Waals surface area contributed by atoms with Crippen LogP contribution in [0.4, 0.5) is 0 Å². The van der Waals surface area contributed by atoms with E-state index in [4.69, 9.17) is 4.74 Å². The molecule has 112 valence electrons. The Labute approximate surface area is 124 Å². The Kier molecular flexibility index (Phi) is 5.94. The summed E-state index contributed by atoms with van der Waals surface area (Å²) in [6.45, 7) is 8.39. The molecule has 20 heavy (non-hydrogen) atoms. The lowest BCUT2D eigenvalue weighted by molar-refractivity contribution is 0.0525. The molecule has 0 bridgehead atoms. The molecule has 1 fully saturated rings. The van der Waals surface area contributed by atoms with E-state index >= 15 is 0 Å². The molecule has 0 aliphatic carbocycles. The number of nitrogens with one attached hydrogen (secondary N) is 1. The van der Waals surface area contributed by atoms with Crippen LogP contribution in [0.25, 0.3) is 0 Å². The van der Waals surface area contributed by atoms with Crippen molar-refractivity contribution < 1.29 is 9.53 Å². The van der Waals surface area contributed by atoms with Gasteiger partial charge in [0.15, 0.2) is 0 Å². The predicted octanol–water partition coefficient (Wildman–Crippen LogP) is 1.89. The zero-order chi connectivity index (χ0) is 14.4. The van der Waals surface area contributed by atoms with Crippen LogP contribution in [0.15, 0.2) is 5.38 Å². The summed E-state index contributed by atoms with van der Waals surface area (Å²) in [7, 11) is 0. The summed E-state index contributed by atoms with van der Waals surface area (Å²) in [6, 6.07) is 0.619. The summed E-state index contributed by atoms with van der Waals surface area (Å²) < 4.78 is 4.98. The van der Waals surface area contributed by atoms with Crippen LogP contribution < -0.4 is 5.32 Å². The van der Waals surface area contributed by atoms with E-state index in [1.165, 1.54) is 24.2 Å². The van der Waals surface area contributed by atoms with Crippen LogP contribution in [0, 0.1) is 0 Å². The van der Waals surface area contributed by atoms with Gasteiger partial charge in [0.1, 0.15) is 0 Å². The maximum absolute atomic E-state index is 11.6. The summed E-state index contributed by atoms with van der Waals surface area (Å²) in [5.74, 6) is -0.311. The second-order valence-electron chi connectivity index (χ2n) is 4.91. The zero-order valence-electron chi connectivity index (χ0n) is 12.2. The third kappa shape index (κ3) is 4.01. The van der Waals surface area contributed by atoms with Crippen molar-refractivity contribution >= 4 is 17.3 Å². The minimum Gasteiger partial charge on any atom is -0.461 e. The van der Waals surface area contributed by atoms with Gasteiger partial charge in [0.25, 0.3) is 0 Å². The average Bonchev–Trinajstić information content (AvgIpc) is 2.94. The van der Waals surface area contributed by atoms with Gasteiger partial charge in [0.05, 0.1) is 12.3 Å². The fraction of sp³-hybridized carbons (Fsp3) is 0.714. The first-order valence-electron chi connectivity index (χ1n) is 7.30. The summed E-state index contributed by atoms with van der Waals surface area (Å²) in [5, 5.41) is 5.82. The third-order valence-corrected chi connectivity index (χ3v) is 4.47. The number of hydrogen-bond acceptors (Lipinski definition) is 6. The fourth-order valence-electron chi connectivity index (χ4n) is 2.55. The molecule has 0 atom stereocenters. The molecule has 1 N–H and O–H groups in total. The molecule has 1 saturated heterocycles. The molecule has 2 rings (SSSR count). The molecule has 0 amide bonds. The van der Waals surface area contributed by atoms with E-state index in [1.54, 1.807) is 0 Å². The van der Waals surface area contributed by atoms with Gasteiger partial charge < -0.3 is 10.1 Å². The van der Waals surface area contributed by atoms with Crippen LogP contribution in [0.5, 0.6) is 0 Å². The van der Waals surface area contributed by atoms with Gasteiger partial charge in [-0.15, -0.1) is 11.3 Å². The molecular formula is C14H23N3O2S. The van der Waals surface area contributed by atoms with E-state index in [0.717, 1.165) is 31.9 Å². The van der Waals surface area contributed by atoms with Gasteiger partial charge in [0, 0.05) is 18.0 Å². The maximum Gasteiger partial charge on any atom is 0.367 e. The van der Waals surface area contributed by atoms with E-state index in [0.29, 0.717) is 17.7 Å². The molecule has 1 aromatic heterocycles. The Morgan fingerprint density at radius 2 is 2.25 bits per heavy atom. The van der Waals surface area contributed by atoms with Crippen LogP contribution in [0.2, 0.25) is 0 Å². The molecule has 5 nitrogen and oxygen atoms in total. The molecule has 0 radical (unpaired) electrons. The molecule has 1 aliphatic heterocycles. The molecule has 1 aromatic rings. The second-order valence-corrected chi connectivity index (χ2v) is 5.77. The Balaban J connectivity index is 1.95. The van der Waals surface area contributed by atoms with Gasteiger partial charge in [-0.1, -0.05) is 6.92 Å². The fourth-order valence-corrected chi connectivity index (χ4v) is 3.25. The number of ether oxygens (including phenoxy) is 1. The van der Waals surface area contributed by atoms with E-state index in [-0.39, 0.29) is 5.97 Å². The number of hydrogen-bond donors (Lipinski definition) is 1. The number of thiazole rings is 1. The molecule has 0 aromatic carbocycles. The van der Waals surface area contributed by atoms with Crippen molar-refractivity contribution in [2.75, 3.05) is 26.2 Å². The van der Waals surface area contributed by atoms with Crippen molar-refractivity contribution in [2.24, 2.45) is 0 Å². The van der Waals surface area contributed by atoms with Crippen LogP contribution in [-0.2, 0) is 11.3 Å². The molecule has 2 heterocycles. The van der Waals surface area contributed by atoms with E-state index in [2.05, 4.69) is 22.1 Å². The maximum atomic E-state index is 11.6. The van der Waals surface area contributed by atoms with Crippen molar-refractivity contribution in [3.05, 3.63) is 16.1 Å². The van der Waals surface area contributed by atoms with Crippen molar-refractivity contribution in [1.29, 1.82) is 0 Å². The van der Waals surface area contributed by atoms with Crippen LogP contribution in [0.1, 0.15) is 42.2 Å². The van der Waals surface area contributed by atoms with Crippen LogP contribution in [-0.4, -0.2) is 48.1 Å². The number of carbonyl (C=O) groups excluding carboxylic acids is 1. The molecule has 6 heteroatoms. The normalized spacial score (nSPS) is 16.6. The summed E-state index contributed by atoms with van der Waals surface area (Å²) >= 11 is 1.37. The van der Waals surface area contributed by atoms with Crippen molar-refractivity contribution in [3.63, 3.8) is 0 Å². The van der Waals surface area contributed by atoms with Crippen molar-refractivity contribution in [2.45, 2.75) is 39.3 Å². The molecule has 0 spiro atoms. The van der Waals surface area contributed by atoms with E-state index in [9.17, 15) is 4.79 Å². The Bertz CT molecular complexity index is 430. The van der Waals surface area contributed by atoms with Crippen LogP contribution >= 0.6 is 11.3 Å². The lowest BCUT2D eigenvalue weighted by Crippen LogP contribution is -2.42. The largest absolute Gasteiger partial charge is 0.461 e. The number of aromatic nitrogens is 1. The van der Waals surface area contributed by atoms with E-state index in [1.807, 2.05) is 12.3 Å². The quantitative estimate of drug-likeness (QED) is 0.813. The number of esters is 1. The molecular weight excluding hydrogens is 274 g/mol. The number of carbonyl (C=O) groups is 1. The SMILES string of the molecule is CCOC(=O)c1nc(CN(CC)C2CCNCC2)cs1. The lowest BCUT2D eigenvalue weighted by atomic mass is 10.0. The Hall–Kier alpha value is -0.980. The lowest BCUT2D eigenvalue weighted by Gasteiger charge is -2.33. The van der Waals surface area contributed by atoms with Gasteiger partial charge >= 0.3 is 5.97 Å². The first-order chi connectivity index (χ1) is 9.74. The topological polar surface area (TPSA) is 54.5 Å². The number of piperidine rings is 1. The Morgan fingerprint density at radius 3 is 2.90 bits per heavy atom. The van der Waals surface area contributed by atoms with Gasteiger partial charge in [0.2, 0.25) is 5.01 Å². The number of rotatable bonds is 6. The first kappa shape index (κ1) is 15.4. The summed E-state index contributed by atoms with van der Waals surface area (Å²) in [5.41, 5.74) is 0.971. The van der Waals surface area contributed by atoms with Gasteiger partial charge in [-0.2, -0.15) is 0 Å². The van der Waals surface area contributed by atoms with Crippen molar-refractivity contribution in [1.82, 2.24) is 15.2 Å². The highest BCUT2D eigenvalue weighted by atomic mass is 32.1. The first-order valence-corrected chi connectivity index (χ1v) is 8.18. The van der Waals surface area contributed by atoms with E-state index < -0.39 is 0 Å². The Morgan fingerprint density at radius 1 is 1.50 bits per heavy atom. The highest BCUT2D eigenvalue weighted by Gasteiger charge is 2.21.